The number of anilines is 2. The molecular weight excluding hydrogens is 548 g/mol. The summed E-state index contributed by atoms with van der Waals surface area (Å²) >= 11 is -2.18. The van der Waals surface area contributed by atoms with Gasteiger partial charge in [0.25, 0.3) is 16.8 Å². The van der Waals surface area contributed by atoms with Crippen molar-refractivity contribution in [3.05, 3.63) is 88.5 Å². The molecule has 0 spiro atoms. The van der Waals surface area contributed by atoms with E-state index in [0.29, 0.717) is 30.8 Å². The lowest BCUT2D eigenvalue weighted by atomic mass is 10.00. The van der Waals surface area contributed by atoms with Crippen molar-refractivity contribution >= 4 is 33.5 Å². The maximum atomic E-state index is 13.9. The zero-order valence-corrected chi connectivity index (χ0v) is 25.7. The summed E-state index contributed by atoms with van der Waals surface area (Å²) < 4.78 is 31.3. The van der Waals surface area contributed by atoms with E-state index in [1.807, 2.05) is 86.0 Å². The van der Waals surface area contributed by atoms with Crippen LogP contribution in [0.5, 0.6) is 0 Å². The van der Waals surface area contributed by atoms with Gasteiger partial charge in [-0.15, -0.1) is 0 Å². The van der Waals surface area contributed by atoms with Crippen molar-refractivity contribution in [2.75, 3.05) is 35.5 Å². The molecule has 0 radical (unpaired) electrons. The molecule has 0 amide bonds. The van der Waals surface area contributed by atoms with Gasteiger partial charge in [-0.2, -0.15) is 0 Å². The number of ether oxygens (including phenoxy) is 1. The summed E-state index contributed by atoms with van der Waals surface area (Å²) in [5, 5.41) is 0.629. The van der Waals surface area contributed by atoms with E-state index in [-0.39, 0.29) is 5.56 Å². The van der Waals surface area contributed by atoms with E-state index < -0.39 is 16.8 Å². The van der Waals surface area contributed by atoms with Gasteiger partial charge in [-0.3, -0.25) is 18.2 Å². The SMILES string of the molecule is CCCCc1nc2ccc(N3CCOCC3)cc2c(=O)n1Cc1ccc(-c2ccccc2N(S(=O)O)C(C)(C)C)cc1. The first-order valence-corrected chi connectivity index (χ1v) is 15.7. The number of aryl methyl sites for hydroxylation is 1. The van der Waals surface area contributed by atoms with Crippen LogP contribution in [0.15, 0.2) is 71.5 Å². The highest BCUT2D eigenvalue weighted by molar-refractivity contribution is 7.80. The Kier molecular flexibility index (Phi) is 9.11. The quantitative estimate of drug-likeness (QED) is 0.240. The Morgan fingerprint density at radius 2 is 1.74 bits per heavy atom. The Balaban J connectivity index is 1.50. The summed E-state index contributed by atoms with van der Waals surface area (Å²) in [6.45, 7) is 11.3. The predicted molar refractivity (Wildman–Crippen MR) is 172 cm³/mol. The van der Waals surface area contributed by atoms with Crippen molar-refractivity contribution in [2.24, 2.45) is 0 Å². The first kappa shape index (κ1) is 29.9. The topological polar surface area (TPSA) is 87.9 Å². The first-order chi connectivity index (χ1) is 20.2. The number of para-hydroxylation sites is 1. The Morgan fingerprint density at radius 1 is 1.02 bits per heavy atom. The van der Waals surface area contributed by atoms with Gasteiger partial charge in [0.1, 0.15) is 5.82 Å². The van der Waals surface area contributed by atoms with Crippen LogP contribution in [0, 0.1) is 0 Å². The molecule has 2 heterocycles. The molecule has 0 bridgehead atoms. The number of benzene rings is 3. The second kappa shape index (κ2) is 12.8. The van der Waals surface area contributed by atoms with Gasteiger partial charge >= 0.3 is 0 Å². The van der Waals surface area contributed by atoms with Gasteiger partial charge in [-0.1, -0.05) is 55.8 Å². The normalized spacial score (nSPS) is 14.7. The van der Waals surface area contributed by atoms with Crippen molar-refractivity contribution in [2.45, 2.75) is 59.0 Å². The highest BCUT2D eigenvalue weighted by atomic mass is 32.2. The maximum absolute atomic E-state index is 13.9. The van der Waals surface area contributed by atoms with Crippen LogP contribution in [0.1, 0.15) is 51.9 Å². The van der Waals surface area contributed by atoms with Crippen LogP contribution >= 0.6 is 0 Å². The molecule has 222 valence electrons. The third-order valence-corrected chi connectivity index (χ3v) is 8.70. The molecule has 42 heavy (non-hydrogen) atoms. The molecule has 1 aliphatic heterocycles. The number of aromatic nitrogens is 2. The molecule has 1 fully saturated rings. The van der Waals surface area contributed by atoms with Crippen LogP contribution in [-0.4, -0.2) is 50.2 Å². The van der Waals surface area contributed by atoms with Crippen LogP contribution in [0.25, 0.3) is 22.0 Å². The molecule has 9 heteroatoms. The fourth-order valence-corrected chi connectivity index (χ4v) is 6.30. The van der Waals surface area contributed by atoms with E-state index >= 15 is 0 Å². The van der Waals surface area contributed by atoms with Gasteiger partial charge in [-0.25, -0.2) is 9.19 Å². The van der Waals surface area contributed by atoms with Gasteiger partial charge in [0.15, 0.2) is 0 Å². The number of hydrogen-bond acceptors (Lipinski definition) is 5. The molecule has 1 aliphatic rings. The minimum atomic E-state index is -2.18. The highest BCUT2D eigenvalue weighted by Gasteiger charge is 2.28. The number of unbranched alkanes of at least 4 members (excludes halogenated alkanes) is 1. The fraction of sp³-hybridized carbons (Fsp3) is 0.394. The Hall–Kier alpha value is -3.53. The van der Waals surface area contributed by atoms with Crippen LogP contribution < -0.4 is 14.8 Å². The molecule has 5 rings (SSSR count). The average Bonchev–Trinajstić information content (AvgIpc) is 2.98. The lowest BCUT2D eigenvalue weighted by Crippen LogP contribution is -2.42. The van der Waals surface area contributed by atoms with Gasteiger partial charge in [0, 0.05) is 36.3 Å². The lowest BCUT2D eigenvalue weighted by Gasteiger charge is -2.35. The third-order valence-electron chi connectivity index (χ3n) is 7.64. The van der Waals surface area contributed by atoms with Crippen molar-refractivity contribution in [3.63, 3.8) is 0 Å². The standard InChI is InChI=1S/C33H40N4O4S/c1-5-6-11-31-34-29-17-16-26(35-18-20-41-21-19-35)22-28(29)32(38)36(31)23-24-12-14-25(15-13-24)27-9-7-8-10-30(27)37(42(39)40)33(2,3)4/h7-10,12-17,22H,5-6,11,18-21,23H2,1-4H3,(H,39,40). The van der Waals surface area contributed by atoms with E-state index in [0.717, 1.165) is 66.1 Å². The molecule has 1 N–H and O–H groups in total. The van der Waals surface area contributed by atoms with Gasteiger partial charge < -0.3 is 9.64 Å². The van der Waals surface area contributed by atoms with Gasteiger partial charge in [0.2, 0.25) is 0 Å². The largest absolute Gasteiger partial charge is 0.378 e. The second-order valence-corrected chi connectivity index (χ2v) is 12.6. The second-order valence-electron chi connectivity index (χ2n) is 11.7. The zero-order valence-electron chi connectivity index (χ0n) is 24.9. The van der Waals surface area contributed by atoms with Crippen LogP contribution in [-0.2, 0) is 29.0 Å². The Bertz CT molecular complexity index is 1620. The van der Waals surface area contributed by atoms with Crippen LogP contribution in [0.2, 0.25) is 0 Å². The minimum Gasteiger partial charge on any atom is -0.378 e. The fourth-order valence-electron chi connectivity index (χ4n) is 5.51. The molecular formula is C33H40N4O4S. The smallest absolute Gasteiger partial charge is 0.262 e. The van der Waals surface area contributed by atoms with Crippen LogP contribution in [0.3, 0.4) is 0 Å². The zero-order chi connectivity index (χ0) is 29.9. The van der Waals surface area contributed by atoms with Crippen molar-refractivity contribution < 1.29 is 13.5 Å². The molecule has 1 atom stereocenters. The van der Waals surface area contributed by atoms with E-state index in [2.05, 4.69) is 17.9 Å². The number of morpholine rings is 1. The lowest BCUT2D eigenvalue weighted by molar-refractivity contribution is 0.122. The number of nitrogens with zero attached hydrogens (tertiary/aromatic N) is 4. The average molecular weight is 589 g/mol. The molecule has 1 unspecified atom stereocenters. The van der Waals surface area contributed by atoms with E-state index in [1.165, 1.54) is 4.31 Å². The molecule has 1 saturated heterocycles. The van der Waals surface area contributed by atoms with Gasteiger partial charge in [0.05, 0.1) is 36.3 Å². The highest BCUT2D eigenvalue weighted by Crippen LogP contribution is 2.35. The maximum Gasteiger partial charge on any atom is 0.262 e. The summed E-state index contributed by atoms with van der Waals surface area (Å²) in [4.78, 5) is 21.1. The Morgan fingerprint density at radius 3 is 2.40 bits per heavy atom. The summed E-state index contributed by atoms with van der Waals surface area (Å²) in [5.74, 6) is 0.800. The Labute approximate surface area is 250 Å². The van der Waals surface area contributed by atoms with E-state index in [9.17, 15) is 13.6 Å². The van der Waals surface area contributed by atoms with Crippen molar-refractivity contribution in [1.82, 2.24) is 9.55 Å². The summed E-state index contributed by atoms with van der Waals surface area (Å²) in [5.41, 5.74) is 4.64. The van der Waals surface area contributed by atoms with E-state index in [1.54, 1.807) is 0 Å². The molecule has 8 nitrogen and oxygen atoms in total. The summed E-state index contributed by atoms with van der Waals surface area (Å²) in [7, 11) is 0. The van der Waals surface area contributed by atoms with Gasteiger partial charge in [-0.05, 0) is 62.6 Å². The monoisotopic (exact) mass is 588 g/mol. The molecule has 1 aromatic heterocycles. The minimum absolute atomic E-state index is 0.0260. The third kappa shape index (κ3) is 6.43. The number of fused-ring (bicyclic) bond motifs is 1. The molecule has 3 aromatic carbocycles. The van der Waals surface area contributed by atoms with Crippen LogP contribution in [0.4, 0.5) is 11.4 Å². The van der Waals surface area contributed by atoms with E-state index in [4.69, 9.17) is 9.72 Å². The first-order valence-electron chi connectivity index (χ1n) is 14.6. The summed E-state index contributed by atoms with van der Waals surface area (Å²) in [6.07, 6.45) is 2.71. The predicted octanol–water partition coefficient (Wildman–Crippen LogP) is 6.03. The molecule has 4 aromatic rings. The molecule has 0 saturated carbocycles. The summed E-state index contributed by atoms with van der Waals surface area (Å²) in [6, 6.07) is 21.7. The van der Waals surface area contributed by atoms with Crippen molar-refractivity contribution in [3.8, 4) is 11.1 Å². The molecule has 0 aliphatic carbocycles. The number of rotatable bonds is 9. The van der Waals surface area contributed by atoms with Crippen molar-refractivity contribution in [1.29, 1.82) is 0 Å². The number of hydrogen-bond donors (Lipinski definition) is 1.